The number of hydrogen-bond acceptors (Lipinski definition) is 11. The normalized spacial score (nSPS) is 13.7. The van der Waals surface area contributed by atoms with E-state index in [0.717, 1.165) is 25.7 Å². The predicted octanol–water partition coefficient (Wildman–Crippen LogP) is 6.15. The van der Waals surface area contributed by atoms with Crippen LogP contribution in [0.2, 0.25) is 0 Å². The average molecular weight is 584 g/mol. The first-order valence-electron chi connectivity index (χ1n) is 14.2. The van der Waals surface area contributed by atoms with E-state index in [-0.39, 0.29) is 43.7 Å². The lowest BCUT2D eigenvalue weighted by Crippen LogP contribution is -2.52. The molecule has 0 amide bonds. The van der Waals surface area contributed by atoms with Gasteiger partial charge >= 0.3 is 24.4 Å². The first-order chi connectivity index (χ1) is 19.4. The maximum Gasteiger partial charge on any atom is 0.513 e. The molecular formula is C29H45NO11. The average Bonchev–Trinajstić information content (AvgIpc) is 2.90. The fourth-order valence-electron chi connectivity index (χ4n) is 3.67. The largest absolute Gasteiger partial charge is 0.513 e. The summed E-state index contributed by atoms with van der Waals surface area (Å²) in [5.74, 6) is -1.64. The molecule has 3 N–H and O–H groups in total. The molecule has 0 saturated heterocycles. The van der Waals surface area contributed by atoms with E-state index < -0.39 is 36.1 Å². The summed E-state index contributed by atoms with van der Waals surface area (Å²) in [6, 6.07) is 4.15. The van der Waals surface area contributed by atoms with Crippen molar-refractivity contribution < 1.29 is 52.7 Å². The Bertz CT molecular complexity index is 984. The molecule has 0 spiro atoms. The smallest absolute Gasteiger partial charge is 0.480 e. The lowest BCUT2D eigenvalue weighted by Gasteiger charge is -2.28. The monoisotopic (exact) mass is 583 g/mol. The van der Waals surface area contributed by atoms with E-state index in [4.69, 9.17) is 34.2 Å². The SMILES string of the molecule is CCCCCOC(=O)Oc1ccc(CC(N)(C[C@H](C)OC(=O)OC(C)CC)C(=O)O)cc1OC(=O)OCCCCC. The number of carbonyl (C=O) groups is 4. The molecule has 0 bridgehead atoms. The van der Waals surface area contributed by atoms with Gasteiger partial charge in [0.15, 0.2) is 11.5 Å². The highest BCUT2D eigenvalue weighted by molar-refractivity contribution is 5.79. The van der Waals surface area contributed by atoms with Crippen LogP contribution >= 0.6 is 0 Å². The number of benzene rings is 1. The Morgan fingerprint density at radius 1 is 0.805 bits per heavy atom. The minimum absolute atomic E-state index is 0.123. The van der Waals surface area contributed by atoms with Crippen LogP contribution in [-0.2, 0) is 30.2 Å². The quantitative estimate of drug-likeness (QED) is 0.0875. The summed E-state index contributed by atoms with van der Waals surface area (Å²) in [6.45, 7) is 9.39. The number of unbranched alkanes of at least 4 members (excludes halogenated alkanes) is 4. The van der Waals surface area contributed by atoms with Gasteiger partial charge < -0.3 is 39.3 Å². The van der Waals surface area contributed by atoms with Gasteiger partial charge in [-0.05, 0) is 50.8 Å². The summed E-state index contributed by atoms with van der Waals surface area (Å²) in [5, 5.41) is 9.92. The Kier molecular flexibility index (Phi) is 16.2. The zero-order chi connectivity index (χ0) is 30.8. The van der Waals surface area contributed by atoms with E-state index in [9.17, 15) is 24.3 Å². The summed E-state index contributed by atoms with van der Waals surface area (Å²) < 4.78 is 31.0. The molecule has 2 unspecified atom stereocenters. The Hall–Kier alpha value is -3.54. The van der Waals surface area contributed by atoms with E-state index in [1.165, 1.54) is 25.1 Å². The van der Waals surface area contributed by atoms with E-state index in [2.05, 4.69) is 0 Å². The molecule has 1 aromatic carbocycles. The Morgan fingerprint density at radius 3 is 1.85 bits per heavy atom. The number of carbonyl (C=O) groups excluding carboxylic acids is 3. The maximum absolute atomic E-state index is 12.3. The summed E-state index contributed by atoms with van der Waals surface area (Å²) in [4.78, 5) is 48.7. The van der Waals surface area contributed by atoms with Crippen LogP contribution in [-0.4, -0.2) is 60.5 Å². The number of hydrogen-bond donors (Lipinski definition) is 2. The molecule has 0 aliphatic rings. The third-order valence-corrected chi connectivity index (χ3v) is 6.10. The van der Waals surface area contributed by atoms with Crippen LogP contribution in [0.15, 0.2) is 18.2 Å². The summed E-state index contributed by atoms with van der Waals surface area (Å²) >= 11 is 0. The van der Waals surface area contributed by atoms with E-state index in [1.807, 2.05) is 20.8 Å². The van der Waals surface area contributed by atoms with Crippen LogP contribution in [0.1, 0.15) is 91.5 Å². The number of rotatable bonds is 18. The Morgan fingerprint density at radius 2 is 1.34 bits per heavy atom. The molecule has 0 aliphatic heterocycles. The summed E-state index contributed by atoms with van der Waals surface area (Å²) in [5.41, 5.74) is 4.73. The van der Waals surface area contributed by atoms with Gasteiger partial charge in [-0.25, -0.2) is 14.4 Å². The molecule has 0 radical (unpaired) electrons. The fourth-order valence-corrected chi connectivity index (χ4v) is 3.67. The molecule has 0 heterocycles. The van der Waals surface area contributed by atoms with E-state index >= 15 is 0 Å². The zero-order valence-corrected chi connectivity index (χ0v) is 24.8. The molecule has 41 heavy (non-hydrogen) atoms. The minimum Gasteiger partial charge on any atom is -0.480 e. The number of ether oxygens (including phenoxy) is 6. The molecule has 12 nitrogen and oxygen atoms in total. The second kappa shape index (κ2) is 18.7. The lowest BCUT2D eigenvalue weighted by atomic mass is 9.86. The number of aliphatic carboxylic acids is 1. The van der Waals surface area contributed by atoms with Crippen molar-refractivity contribution in [3.8, 4) is 11.5 Å². The van der Waals surface area contributed by atoms with Crippen molar-refractivity contribution in [2.45, 2.75) is 110 Å². The first kappa shape index (κ1) is 35.5. The molecule has 232 valence electrons. The standard InChI is InChI=1S/C29H45NO11/c1-6-9-11-15-36-26(33)40-23-14-13-22(17-24(23)41-27(34)37-16-12-10-7-2)19-29(30,25(31)32)18-21(5)39-28(35)38-20(4)8-3/h13-14,17,20-21H,6-12,15-16,18-19,30H2,1-5H3,(H,31,32)/t20?,21-,29?/m0/s1. The topological polar surface area (TPSA) is 170 Å². The third-order valence-electron chi connectivity index (χ3n) is 6.10. The molecular weight excluding hydrogens is 538 g/mol. The molecule has 0 saturated carbocycles. The fraction of sp³-hybridized carbons (Fsp3) is 0.655. The van der Waals surface area contributed by atoms with E-state index in [1.54, 1.807) is 6.92 Å². The maximum atomic E-state index is 12.3. The van der Waals surface area contributed by atoms with Crippen LogP contribution in [0.4, 0.5) is 14.4 Å². The molecule has 3 atom stereocenters. The van der Waals surface area contributed by atoms with Crippen molar-refractivity contribution in [2.24, 2.45) is 5.73 Å². The van der Waals surface area contributed by atoms with Gasteiger partial charge in [0.2, 0.25) is 0 Å². The van der Waals surface area contributed by atoms with Gasteiger partial charge in [0.05, 0.1) is 13.2 Å². The van der Waals surface area contributed by atoms with E-state index in [0.29, 0.717) is 24.8 Å². The van der Waals surface area contributed by atoms with Crippen molar-refractivity contribution in [3.63, 3.8) is 0 Å². The van der Waals surface area contributed by atoms with Crippen LogP contribution in [0, 0.1) is 0 Å². The molecule has 12 heteroatoms. The van der Waals surface area contributed by atoms with Crippen molar-refractivity contribution >= 4 is 24.4 Å². The van der Waals surface area contributed by atoms with Crippen LogP contribution in [0.3, 0.4) is 0 Å². The van der Waals surface area contributed by atoms with Crippen molar-refractivity contribution in [1.82, 2.24) is 0 Å². The third kappa shape index (κ3) is 14.1. The van der Waals surface area contributed by atoms with Gasteiger partial charge in [-0.1, -0.05) is 52.5 Å². The highest BCUT2D eigenvalue weighted by atomic mass is 16.7. The highest BCUT2D eigenvalue weighted by Crippen LogP contribution is 2.31. The molecule has 1 rings (SSSR count). The van der Waals surface area contributed by atoms with Gasteiger partial charge in [-0.2, -0.15) is 0 Å². The predicted molar refractivity (Wildman–Crippen MR) is 149 cm³/mol. The molecule has 0 aromatic heterocycles. The van der Waals surface area contributed by atoms with Crippen LogP contribution in [0.5, 0.6) is 11.5 Å². The zero-order valence-electron chi connectivity index (χ0n) is 24.8. The minimum atomic E-state index is -1.87. The number of nitrogens with two attached hydrogens (primary N) is 1. The van der Waals surface area contributed by atoms with Gasteiger partial charge in [0, 0.05) is 12.8 Å². The second-order valence-corrected chi connectivity index (χ2v) is 9.95. The molecule has 1 aromatic rings. The highest BCUT2D eigenvalue weighted by Gasteiger charge is 2.37. The lowest BCUT2D eigenvalue weighted by molar-refractivity contribution is -0.144. The van der Waals surface area contributed by atoms with Gasteiger partial charge in [-0.3, -0.25) is 4.79 Å². The van der Waals surface area contributed by atoms with Crippen LogP contribution in [0.25, 0.3) is 0 Å². The molecule has 0 aliphatic carbocycles. The summed E-state index contributed by atoms with van der Waals surface area (Å²) in [6.07, 6.45) is 0.910. The second-order valence-electron chi connectivity index (χ2n) is 9.95. The Labute approximate surface area is 241 Å². The van der Waals surface area contributed by atoms with Gasteiger partial charge in [0.1, 0.15) is 17.7 Å². The van der Waals surface area contributed by atoms with Crippen LogP contribution < -0.4 is 15.2 Å². The van der Waals surface area contributed by atoms with Gasteiger partial charge in [0.25, 0.3) is 0 Å². The first-order valence-corrected chi connectivity index (χ1v) is 14.2. The number of carboxylic acid groups (broad SMARTS) is 1. The molecule has 0 fully saturated rings. The summed E-state index contributed by atoms with van der Waals surface area (Å²) in [7, 11) is 0. The van der Waals surface area contributed by atoms with Crippen molar-refractivity contribution in [1.29, 1.82) is 0 Å². The number of carboxylic acids is 1. The van der Waals surface area contributed by atoms with Gasteiger partial charge in [-0.15, -0.1) is 0 Å². The van der Waals surface area contributed by atoms with Crippen molar-refractivity contribution in [2.75, 3.05) is 13.2 Å². The van der Waals surface area contributed by atoms with Crippen molar-refractivity contribution in [3.05, 3.63) is 23.8 Å². The Balaban J connectivity index is 3.08.